The molecule has 1 aliphatic heterocycles. The molecule has 0 radical (unpaired) electrons. The molecule has 1 aliphatic rings. The van der Waals surface area contributed by atoms with Gasteiger partial charge in [0, 0.05) is 13.0 Å². The normalized spacial score (nSPS) is 23.0. The zero-order valence-electron chi connectivity index (χ0n) is 12.1. The average Bonchev–Trinajstić information content (AvgIpc) is 2.61. The van der Waals surface area contributed by atoms with Crippen molar-refractivity contribution in [2.45, 2.75) is 38.6 Å². The van der Waals surface area contributed by atoms with Crippen molar-refractivity contribution < 1.29 is 19.1 Å². The zero-order chi connectivity index (χ0) is 15.4. The molecule has 1 heterocycles. The van der Waals surface area contributed by atoms with Gasteiger partial charge in [0.2, 0.25) is 5.91 Å². The standard InChI is InChI=1S/C16H20FNO3/c1-2-10-18-14(19)5-3-4-13(16(20)21)15(18)11-6-8-12(17)9-7-11/h6-9,13,15H,2-5,10H2,1H3,(H,20,21). The lowest BCUT2D eigenvalue weighted by atomic mass is 9.89. The summed E-state index contributed by atoms with van der Waals surface area (Å²) in [6, 6.07) is 5.27. The number of benzene rings is 1. The number of halogens is 1. The number of amides is 1. The number of carboxylic acid groups (broad SMARTS) is 1. The number of carbonyl (C=O) groups excluding carboxylic acids is 1. The van der Waals surface area contributed by atoms with Crippen molar-refractivity contribution in [1.29, 1.82) is 0 Å². The predicted molar refractivity (Wildman–Crippen MR) is 76.1 cm³/mol. The smallest absolute Gasteiger partial charge is 0.308 e. The van der Waals surface area contributed by atoms with Crippen LogP contribution in [0.4, 0.5) is 4.39 Å². The highest BCUT2D eigenvalue weighted by molar-refractivity contribution is 5.79. The van der Waals surface area contributed by atoms with Gasteiger partial charge in [-0.3, -0.25) is 9.59 Å². The minimum absolute atomic E-state index is 0.0186. The van der Waals surface area contributed by atoms with Crippen molar-refractivity contribution in [3.05, 3.63) is 35.6 Å². The zero-order valence-corrected chi connectivity index (χ0v) is 12.1. The largest absolute Gasteiger partial charge is 0.481 e. The summed E-state index contributed by atoms with van der Waals surface area (Å²) in [5.74, 6) is -1.93. The minimum atomic E-state index is -0.903. The predicted octanol–water partition coefficient (Wildman–Crippen LogP) is 2.99. The van der Waals surface area contributed by atoms with E-state index in [0.29, 0.717) is 31.4 Å². The highest BCUT2D eigenvalue weighted by atomic mass is 19.1. The van der Waals surface area contributed by atoms with Crippen molar-refractivity contribution >= 4 is 11.9 Å². The van der Waals surface area contributed by atoms with Crippen LogP contribution < -0.4 is 0 Å². The van der Waals surface area contributed by atoms with Gasteiger partial charge in [0.05, 0.1) is 12.0 Å². The summed E-state index contributed by atoms with van der Waals surface area (Å²) in [5, 5.41) is 9.51. The van der Waals surface area contributed by atoms with Crippen LogP contribution in [0.1, 0.15) is 44.2 Å². The van der Waals surface area contributed by atoms with E-state index < -0.39 is 17.9 Å². The van der Waals surface area contributed by atoms with Crippen LogP contribution in [-0.2, 0) is 9.59 Å². The average molecular weight is 293 g/mol. The van der Waals surface area contributed by atoms with E-state index >= 15 is 0 Å². The first-order valence-corrected chi connectivity index (χ1v) is 7.32. The van der Waals surface area contributed by atoms with E-state index in [0.717, 1.165) is 6.42 Å². The molecule has 2 rings (SSSR count). The van der Waals surface area contributed by atoms with Gasteiger partial charge in [0.15, 0.2) is 0 Å². The van der Waals surface area contributed by atoms with E-state index in [1.807, 2.05) is 6.92 Å². The van der Waals surface area contributed by atoms with Crippen LogP contribution in [0.15, 0.2) is 24.3 Å². The molecule has 1 aromatic rings. The minimum Gasteiger partial charge on any atom is -0.481 e. The molecule has 0 bridgehead atoms. The molecule has 1 fully saturated rings. The van der Waals surface area contributed by atoms with Crippen molar-refractivity contribution in [3.8, 4) is 0 Å². The summed E-state index contributed by atoms with van der Waals surface area (Å²) in [6.45, 7) is 2.47. The molecule has 0 aromatic heterocycles. The van der Waals surface area contributed by atoms with Crippen LogP contribution in [0.5, 0.6) is 0 Å². The molecule has 0 spiro atoms. The van der Waals surface area contributed by atoms with Gasteiger partial charge in [-0.25, -0.2) is 4.39 Å². The highest BCUT2D eigenvalue weighted by Crippen LogP contribution is 2.36. The van der Waals surface area contributed by atoms with E-state index in [1.54, 1.807) is 17.0 Å². The van der Waals surface area contributed by atoms with Crippen LogP contribution in [-0.4, -0.2) is 28.4 Å². The molecule has 0 saturated carbocycles. The fourth-order valence-corrected chi connectivity index (χ4v) is 2.98. The Labute approximate surface area is 123 Å². The van der Waals surface area contributed by atoms with E-state index in [-0.39, 0.29) is 11.7 Å². The molecule has 1 amide bonds. The third kappa shape index (κ3) is 3.40. The molecule has 4 nitrogen and oxygen atoms in total. The molecule has 1 saturated heterocycles. The first-order valence-electron chi connectivity index (χ1n) is 7.32. The third-order valence-electron chi connectivity index (χ3n) is 3.94. The quantitative estimate of drug-likeness (QED) is 0.928. The van der Waals surface area contributed by atoms with Crippen LogP contribution in [0.2, 0.25) is 0 Å². The van der Waals surface area contributed by atoms with Crippen LogP contribution >= 0.6 is 0 Å². The molecule has 114 valence electrons. The highest BCUT2D eigenvalue weighted by Gasteiger charge is 2.38. The molecule has 0 aliphatic carbocycles. The molecule has 21 heavy (non-hydrogen) atoms. The van der Waals surface area contributed by atoms with Crippen molar-refractivity contribution in [2.75, 3.05) is 6.54 Å². The monoisotopic (exact) mass is 293 g/mol. The van der Waals surface area contributed by atoms with Gasteiger partial charge in [-0.1, -0.05) is 19.1 Å². The van der Waals surface area contributed by atoms with Gasteiger partial charge in [0.25, 0.3) is 0 Å². The van der Waals surface area contributed by atoms with Crippen LogP contribution in [0.25, 0.3) is 0 Å². The third-order valence-corrected chi connectivity index (χ3v) is 3.94. The number of aliphatic carboxylic acids is 1. The van der Waals surface area contributed by atoms with Gasteiger partial charge < -0.3 is 10.0 Å². The number of rotatable bonds is 4. The Morgan fingerprint density at radius 1 is 1.38 bits per heavy atom. The molecular formula is C16H20FNO3. The summed E-state index contributed by atoms with van der Waals surface area (Å²) >= 11 is 0. The maximum absolute atomic E-state index is 13.1. The van der Waals surface area contributed by atoms with Crippen LogP contribution in [0.3, 0.4) is 0 Å². The molecule has 2 atom stereocenters. The summed E-state index contributed by atoms with van der Waals surface area (Å²) < 4.78 is 13.1. The second-order valence-electron chi connectivity index (χ2n) is 5.42. The lowest BCUT2D eigenvalue weighted by molar-refractivity contribution is -0.146. The Morgan fingerprint density at radius 3 is 2.62 bits per heavy atom. The molecule has 1 aromatic carbocycles. The summed E-state index contributed by atoms with van der Waals surface area (Å²) in [7, 11) is 0. The molecule has 5 heteroatoms. The molecule has 2 unspecified atom stereocenters. The molecular weight excluding hydrogens is 273 g/mol. The van der Waals surface area contributed by atoms with Crippen molar-refractivity contribution in [1.82, 2.24) is 4.90 Å². The number of hydrogen-bond donors (Lipinski definition) is 1. The number of nitrogens with zero attached hydrogens (tertiary/aromatic N) is 1. The van der Waals surface area contributed by atoms with Crippen LogP contribution in [0, 0.1) is 11.7 Å². The maximum Gasteiger partial charge on any atom is 0.308 e. The van der Waals surface area contributed by atoms with Gasteiger partial charge >= 0.3 is 5.97 Å². The molecule has 1 N–H and O–H groups in total. The van der Waals surface area contributed by atoms with E-state index in [1.165, 1.54) is 12.1 Å². The first kappa shape index (κ1) is 15.5. The van der Waals surface area contributed by atoms with Gasteiger partial charge in [-0.15, -0.1) is 0 Å². The van der Waals surface area contributed by atoms with E-state index in [2.05, 4.69) is 0 Å². The summed E-state index contributed by atoms with van der Waals surface area (Å²) in [6.07, 6.45) is 2.17. The fourth-order valence-electron chi connectivity index (χ4n) is 2.98. The number of hydrogen-bond acceptors (Lipinski definition) is 2. The Hall–Kier alpha value is -1.91. The SMILES string of the molecule is CCCN1C(=O)CCCC(C(=O)O)C1c1ccc(F)cc1. The fraction of sp³-hybridized carbons (Fsp3) is 0.500. The number of carbonyl (C=O) groups is 2. The second-order valence-corrected chi connectivity index (χ2v) is 5.42. The number of likely N-dealkylation sites (tertiary alicyclic amines) is 1. The lowest BCUT2D eigenvalue weighted by Gasteiger charge is -2.33. The van der Waals surface area contributed by atoms with Crippen molar-refractivity contribution in [3.63, 3.8) is 0 Å². The first-order chi connectivity index (χ1) is 10.0. The Bertz CT molecular complexity index is 515. The topological polar surface area (TPSA) is 57.6 Å². The van der Waals surface area contributed by atoms with E-state index in [9.17, 15) is 19.1 Å². The van der Waals surface area contributed by atoms with Crippen molar-refractivity contribution in [2.24, 2.45) is 5.92 Å². The Kier molecular flexibility index (Phi) is 4.94. The van der Waals surface area contributed by atoms with Gasteiger partial charge in [-0.05, 0) is 37.0 Å². The van der Waals surface area contributed by atoms with E-state index in [4.69, 9.17) is 0 Å². The summed E-state index contributed by atoms with van der Waals surface area (Å²) in [4.78, 5) is 25.5. The van der Waals surface area contributed by atoms with Gasteiger partial charge in [-0.2, -0.15) is 0 Å². The Morgan fingerprint density at radius 2 is 2.05 bits per heavy atom. The second kappa shape index (κ2) is 6.70. The maximum atomic E-state index is 13.1. The van der Waals surface area contributed by atoms with Gasteiger partial charge in [0.1, 0.15) is 5.82 Å². The number of carboxylic acids is 1. The lowest BCUT2D eigenvalue weighted by Crippen LogP contribution is -2.39. The summed E-state index contributed by atoms with van der Waals surface area (Å²) in [5.41, 5.74) is 0.688. The Balaban J connectivity index is 2.44.